The molecule has 1 aromatic heterocycles. The summed E-state index contributed by atoms with van der Waals surface area (Å²) in [6.45, 7) is 0. The third kappa shape index (κ3) is 2.03. The molecule has 4 heteroatoms. The van der Waals surface area contributed by atoms with Crippen LogP contribution < -0.4 is 9.91 Å². The van der Waals surface area contributed by atoms with Gasteiger partial charge in [0.2, 0.25) is 5.43 Å². The number of benzene rings is 2. The Balaban J connectivity index is 2.60. The minimum atomic E-state index is 0.0306. The number of hydrogen-bond acceptors (Lipinski definition) is 2. The smallest absolute Gasteiger partial charge is 0.203 e. The summed E-state index contributed by atoms with van der Waals surface area (Å²) in [4.78, 5) is 12.9. The van der Waals surface area contributed by atoms with Gasteiger partial charge in [0.25, 0.3) is 0 Å². The molecule has 0 aliphatic heterocycles. The van der Waals surface area contributed by atoms with E-state index in [0.717, 1.165) is 20.5 Å². The molecule has 2 aromatic carbocycles. The summed E-state index contributed by atoms with van der Waals surface area (Å²) < 4.78 is 2.55. The van der Waals surface area contributed by atoms with E-state index in [4.69, 9.17) is 11.6 Å². The molecule has 102 valence electrons. The highest BCUT2D eigenvalue weighted by Crippen LogP contribution is 2.33. The zero-order valence-corrected chi connectivity index (χ0v) is 13.2. The molecule has 0 bridgehead atoms. The summed E-state index contributed by atoms with van der Waals surface area (Å²) >= 11 is 7.85. The summed E-state index contributed by atoms with van der Waals surface area (Å²) in [5.41, 5.74) is 1.05. The number of halogens is 1. The van der Waals surface area contributed by atoms with Crippen LogP contribution in [0.4, 0.5) is 5.69 Å². The highest BCUT2D eigenvalue weighted by atomic mass is 35.5. The summed E-state index contributed by atoms with van der Waals surface area (Å²) in [7, 11) is 6.20. The topological polar surface area (TPSA) is 17.1 Å². The van der Waals surface area contributed by atoms with Gasteiger partial charge in [-0.3, -0.25) is 9.28 Å². The first-order chi connectivity index (χ1) is 9.39. The molecule has 0 atom stereocenters. The largest absolute Gasteiger partial charge is 0.298 e. The van der Waals surface area contributed by atoms with Gasteiger partial charge in [-0.15, -0.1) is 11.3 Å². The molecule has 1 heterocycles. The lowest BCUT2D eigenvalue weighted by molar-refractivity contribution is 0.490. The third-order valence-corrected chi connectivity index (χ3v) is 4.81. The molecule has 2 nitrogen and oxygen atoms in total. The fraction of sp³-hybridized carbons (Fsp3) is 0.188. The van der Waals surface area contributed by atoms with Gasteiger partial charge in [0, 0.05) is 9.40 Å². The Morgan fingerprint density at radius 2 is 1.55 bits per heavy atom. The highest BCUT2D eigenvalue weighted by Gasteiger charge is 2.20. The summed E-state index contributed by atoms with van der Waals surface area (Å²) in [5.74, 6) is 0. The Labute approximate surface area is 126 Å². The molecule has 20 heavy (non-hydrogen) atoms. The first kappa shape index (κ1) is 13.6. The number of nitrogens with zero attached hydrogens (tertiary/aromatic N) is 1. The van der Waals surface area contributed by atoms with Gasteiger partial charge in [-0.05, 0) is 24.3 Å². The van der Waals surface area contributed by atoms with E-state index in [-0.39, 0.29) is 5.43 Å². The van der Waals surface area contributed by atoms with E-state index in [2.05, 4.69) is 21.1 Å². The van der Waals surface area contributed by atoms with E-state index in [1.54, 1.807) is 17.4 Å². The van der Waals surface area contributed by atoms with E-state index in [0.29, 0.717) is 14.9 Å². The lowest BCUT2D eigenvalue weighted by Gasteiger charge is -2.24. The molecular formula is C16H15ClNOS+. The molecular weight excluding hydrogens is 290 g/mol. The van der Waals surface area contributed by atoms with Crippen molar-refractivity contribution in [3.8, 4) is 0 Å². The van der Waals surface area contributed by atoms with Crippen molar-refractivity contribution in [2.24, 2.45) is 0 Å². The molecule has 3 aromatic rings. The van der Waals surface area contributed by atoms with Crippen molar-refractivity contribution in [3.63, 3.8) is 0 Å². The Bertz CT molecular complexity index is 877. The van der Waals surface area contributed by atoms with E-state index >= 15 is 0 Å². The van der Waals surface area contributed by atoms with Crippen LogP contribution in [0.3, 0.4) is 0 Å². The normalized spacial score (nSPS) is 12.2. The lowest BCUT2D eigenvalue weighted by atomic mass is 10.1. The van der Waals surface area contributed by atoms with Crippen LogP contribution in [0.2, 0.25) is 5.02 Å². The van der Waals surface area contributed by atoms with Gasteiger partial charge < -0.3 is 0 Å². The number of quaternary nitrogens is 1. The molecule has 0 saturated carbocycles. The predicted octanol–water partition coefficient (Wildman–Crippen LogP) is 4.26. The zero-order valence-electron chi connectivity index (χ0n) is 11.6. The number of rotatable bonds is 1. The van der Waals surface area contributed by atoms with Crippen molar-refractivity contribution in [1.29, 1.82) is 0 Å². The van der Waals surface area contributed by atoms with Crippen LogP contribution in [0.25, 0.3) is 20.2 Å². The molecule has 0 amide bonds. The van der Waals surface area contributed by atoms with Crippen LogP contribution in [0, 0.1) is 0 Å². The first-order valence-corrected chi connectivity index (χ1v) is 7.55. The number of hydrogen-bond donors (Lipinski definition) is 0. The Kier molecular flexibility index (Phi) is 3.09. The summed E-state index contributed by atoms with van der Waals surface area (Å²) in [6, 6.07) is 11.6. The predicted molar refractivity (Wildman–Crippen MR) is 90.2 cm³/mol. The maximum Gasteiger partial charge on any atom is 0.203 e. The highest BCUT2D eigenvalue weighted by molar-refractivity contribution is 7.24. The van der Waals surface area contributed by atoms with Gasteiger partial charge in [0.1, 0.15) is 11.1 Å². The van der Waals surface area contributed by atoms with Gasteiger partial charge in [-0.1, -0.05) is 23.7 Å². The molecule has 0 fully saturated rings. The minimum absolute atomic E-state index is 0.0306. The fourth-order valence-electron chi connectivity index (χ4n) is 2.45. The average molecular weight is 305 g/mol. The van der Waals surface area contributed by atoms with Gasteiger partial charge >= 0.3 is 0 Å². The van der Waals surface area contributed by atoms with Crippen LogP contribution >= 0.6 is 22.9 Å². The van der Waals surface area contributed by atoms with Crippen LogP contribution in [0.15, 0.2) is 41.2 Å². The van der Waals surface area contributed by atoms with Crippen LogP contribution in [0.5, 0.6) is 0 Å². The van der Waals surface area contributed by atoms with Crippen LogP contribution in [-0.4, -0.2) is 21.1 Å². The monoisotopic (exact) mass is 304 g/mol. The third-order valence-electron chi connectivity index (χ3n) is 3.38. The van der Waals surface area contributed by atoms with Crippen LogP contribution in [-0.2, 0) is 0 Å². The van der Waals surface area contributed by atoms with Crippen molar-refractivity contribution in [2.45, 2.75) is 0 Å². The molecule has 0 unspecified atom stereocenters. The van der Waals surface area contributed by atoms with E-state index in [1.165, 1.54) is 0 Å². The summed E-state index contributed by atoms with van der Waals surface area (Å²) in [5, 5.41) is 1.94. The standard InChI is InChI=1S/C16H15ClNOS/c1-18(2,3)11-7-5-9-13-15(11)16(19)14-10(17)6-4-8-12(14)20-13/h4-9H,1-3H3/q+1. The molecule has 0 aliphatic rings. The zero-order chi connectivity index (χ0) is 14.5. The average Bonchev–Trinajstić information content (AvgIpc) is 2.37. The molecule has 0 saturated heterocycles. The summed E-state index contributed by atoms with van der Waals surface area (Å²) in [6.07, 6.45) is 0. The molecule has 0 radical (unpaired) electrons. The Morgan fingerprint density at radius 1 is 0.950 bits per heavy atom. The lowest BCUT2D eigenvalue weighted by Crippen LogP contribution is -2.35. The molecule has 0 spiro atoms. The van der Waals surface area contributed by atoms with Gasteiger partial charge in [0.15, 0.2) is 0 Å². The van der Waals surface area contributed by atoms with E-state index in [1.807, 2.05) is 30.3 Å². The number of fused-ring (bicyclic) bond motifs is 2. The van der Waals surface area contributed by atoms with Crippen LogP contribution in [0.1, 0.15) is 0 Å². The minimum Gasteiger partial charge on any atom is -0.298 e. The maximum atomic E-state index is 12.9. The van der Waals surface area contributed by atoms with Gasteiger partial charge in [0.05, 0.1) is 31.6 Å². The second-order valence-electron chi connectivity index (χ2n) is 5.71. The van der Waals surface area contributed by atoms with Crippen molar-refractivity contribution in [1.82, 2.24) is 4.48 Å². The molecule has 0 N–H and O–H groups in total. The van der Waals surface area contributed by atoms with Crippen molar-refractivity contribution in [3.05, 3.63) is 51.6 Å². The fourth-order valence-corrected chi connectivity index (χ4v) is 3.90. The van der Waals surface area contributed by atoms with E-state index in [9.17, 15) is 4.79 Å². The Morgan fingerprint density at radius 3 is 2.20 bits per heavy atom. The second-order valence-corrected chi connectivity index (χ2v) is 7.20. The van der Waals surface area contributed by atoms with Gasteiger partial charge in [-0.25, -0.2) is 0 Å². The first-order valence-electron chi connectivity index (χ1n) is 6.35. The maximum absolute atomic E-state index is 12.9. The van der Waals surface area contributed by atoms with Crippen molar-refractivity contribution < 1.29 is 0 Å². The second kappa shape index (κ2) is 4.55. The molecule has 3 rings (SSSR count). The SMILES string of the molecule is C[N+](C)(C)c1cccc2sc3cccc(Cl)c3c(=O)c12. The van der Waals surface area contributed by atoms with Crippen molar-refractivity contribution in [2.75, 3.05) is 21.1 Å². The molecule has 0 aliphatic carbocycles. The quantitative estimate of drug-likeness (QED) is 0.485. The van der Waals surface area contributed by atoms with E-state index < -0.39 is 0 Å². The van der Waals surface area contributed by atoms with Crippen molar-refractivity contribution >= 4 is 48.8 Å². The van der Waals surface area contributed by atoms with Gasteiger partial charge in [-0.2, -0.15) is 0 Å². The Hall–Kier alpha value is -1.42.